The van der Waals surface area contributed by atoms with E-state index in [2.05, 4.69) is 34.6 Å². The van der Waals surface area contributed by atoms with Crippen molar-refractivity contribution in [3.05, 3.63) is 6.92 Å². The van der Waals surface area contributed by atoms with Crippen molar-refractivity contribution >= 4 is 0 Å². The summed E-state index contributed by atoms with van der Waals surface area (Å²) in [6, 6.07) is 0. The molecule has 0 saturated carbocycles. The monoisotopic (exact) mass is 169 g/mol. The van der Waals surface area contributed by atoms with Gasteiger partial charge in [-0.1, -0.05) is 53.9 Å². The molecule has 0 aromatic carbocycles. The van der Waals surface area contributed by atoms with Crippen LogP contribution in [-0.2, 0) is 0 Å². The Morgan fingerprint density at radius 1 is 1.33 bits per heavy atom. The molecule has 0 saturated heterocycles. The van der Waals surface area contributed by atoms with Crippen molar-refractivity contribution in [3.8, 4) is 0 Å². The summed E-state index contributed by atoms with van der Waals surface area (Å²) in [6.45, 7) is 13.3. The summed E-state index contributed by atoms with van der Waals surface area (Å²) in [5, 5.41) is 0. The molecule has 0 rings (SSSR count). The van der Waals surface area contributed by atoms with Gasteiger partial charge < -0.3 is 0 Å². The Kier molecular flexibility index (Phi) is 5.61. The molecule has 0 aliphatic heterocycles. The lowest BCUT2D eigenvalue weighted by Crippen LogP contribution is -2.15. The Hall–Kier alpha value is 0. The molecule has 1 atom stereocenters. The molecule has 0 N–H and O–H groups in total. The fourth-order valence-electron chi connectivity index (χ4n) is 2.12. The van der Waals surface area contributed by atoms with Gasteiger partial charge in [0.25, 0.3) is 0 Å². The molecule has 1 unspecified atom stereocenters. The van der Waals surface area contributed by atoms with Crippen molar-refractivity contribution < 1.29 is 0 Å². The molecule has 0 aromatic heterocycles. The van der Waals surface area contributed by atoms with E-state index in [4.69, 9.17) is 0 Å². The predicted octanol–water partition coefficient (Wildman–Crippen LogP) is 4.45. The summed E-state index contributed by atoms with van der Waals surface area (Å²) in [5.41, 5.74) is 0.510. The van der Waals surface area contributed by atoms with E-state index in [1.54, 1.807) is 0 Å². The average molecular weight is 169 g/mol. The fourth-order valence-corrected chi connectivity index (χ4v) is 2.12. The lowest BCUT2D eigenvalue weighted by Gasteiger charge is -2.27. The van der Waals surface area contributed by atoms with E-state index in [-0.39, 0.29) is 0 Å². The van der Waals surface area contributed by atoms with Crippen LogP contribution in [0.5, 0.6) is 0 Å². The van der Waals surface area contributed by atoms with Gasteiger partial charge in [-0.15, -0.1) is 0 Å². The van der Waals surface area contributed by atoms with Crippen LogP contribution in [0.15, 0.2) is 0 Å². The van der Waals surface area contributed by atoms with Gasteiger partial charge in [-0.25, -0.2) is 0 Å². The Balaban J connectivity index is 3.70. The molecule has 0 heteroatoms. The summed E-state index contributed by atoms with van der Waals surface area (Å²) in [5.74, 6) is 0.886. The maximum Gasteiger partial charge on any atom is -0.0352 e. The van der Waals surface area contributed by atoms with Gasteiger partial charge in [0.15, 0.2) is 0 Å². The normalized spacial score (nSPS) is 14.8. The van der Waals surface area contributed by atoms with Crippen molar-refractivity contribution in [1.82, 2.24) is 0 Å². The van der Waals surface area contributed by atoms with Gasteiger partial charge in [0.05, 0.1) is 0 Å². The number of hydrogen-bond donors (Lipinski definition) is 0. The summed E-state index contributed by atoms with van der Waals surface area (Å²) in [4.78, 5) is 0. The highest BCUT2D eigenvalue weighted by Gasteiger charge is 2.19. The molecule has 1 radical (unpaired) electrons. The van der Waals surface area contributed by atoms with Crippen LogP contribution in [0.3, 0.4) is 0 Å². The van der Waals surface area contributed by atoms with Crippen molar-refractivity contribution in [2.45, 2.75) is 59.8 Å². The molecule has 0 aliphatic rings. The van der Waals surface area contributed by atoms with Crippen LogP contribution < -0.4 is 0 Å². The van der Waals surface area contributed by atoms with Crippen molar-refractivity contribution in [2.24, 2.45) is 11.3 Å². The highest BCUT2D eigenvalue weighted by atomic mass is 14.2. The molecule has 12 heavy (non-hydrogen) atoms. The van der Waals surface area contributed by atoms with E-state index in [1.165, 1.54) is 25.7 Å². The molecule has 0 aliphatic carbocycles. The highest BCUT2D eigenvalue weighted by Crippen LogP contribution is 2.31. The van der Waals surface area contributed by atoms with E-state index in [1.807, 2.05) is 0 Å². The van der Waals surface area contributed by atoms with Crippen LogP contribution in [0.4, 0.5) is 0 Å². The Labute approximate surface area is 78.8 Å². The lowest BCUT2D eigenvalue weighted by atomic mass is 9.79. The van der Waals surface area contributed by atoms with Gasteiger partial charge in [-0.3, -0.25) is 0 Å². The summed E-state index contributed by atoms with van der Waals surface area (Å²) >= 11 is 0. The Morgan fingerprint density at radius 2 is 1.92 bits per heavy atom. The zero-order valence-electron chi connectivity index (χ0n) is 9.32. The summed E-state index contributed by atoms with van der Waals surface area (Å²) < 4.78 is 0. The molecule has 73 valence electrons. The van der Waals surface area contributed by atoms with E-state index < -0.39 is 0 Å². The first kappa shape index (κ1) is 12.0. The second kappa shape index (κ2) is 5.61. The minimum Gasteiger partial charge on any atom is -0.0654 e. The van der Waals surface area contributed by atoms with Crippen molar-refractivity contribution in [1.29, 1.82) is 0 Å². The van der Waals surface area contributed by atoms with Gasteiger partial charge in [0, 0.05) is 0 Å². The van der Waals surface area contributed by atoms with Crippen molar-refractivity contribution in [2.75, 3.05) is 0 Å². The van der Waals surface area contributed by atoms with Crippen LogP contribution in [0.2, 0.25) is 0 Å². The van der Waals surface area contributed by atoms with Crippen LogP contribution in [0, 0.1) is 18.3 Å². The van der Waals surface area contributed by atoms with Gasteiger partial charge in [0.1, 0.15) is 0 Å². The first-order valence-electron chi connectivity index (χ1n) is 5.31. The Bertz CT molecular complexity index is 103. The molecular formula is C12H25. The molecule has 0 bridgehead atoms. The molecular weight excluding hydrogens is 144 g/mol. The number of rotatable bonds is 6. The zero-order chi connectivity index (χ0) is 9.61. The second-order valence-corrected chi connectivity index (χ2v) is 4.87. The minimum absolute atomic E-state index is 0.510. The molecule has 0 aromatic rings. The molecule has 0 spiro atoms. The third-order valence-corrected chi connectivity index (χ3v) is 2.54. The van der Waals surface area contributed by atoms with Crippen LogP contribution in [0.25, 0.3) is 0 Å². The second-order valence-electron chi connectivity index (χ2n) is 4.87. The lowest BCUT2D eigenvalue weighted by molar-refractivity contribution is 0.250. The highest BCUT2D eigenvalue weighted by molar-refractivity contribution is 4.72. The zero-order valence-corrected chi connectivity index (χ0v) is 9.32. The number of hydrogen-bond acceptors (Lipinski definition) is 0. The molecule has 0 amide bonds. The third kappa shape index (κ3) is 5.62. The topological polar surface area (TPSA) is 0 Å². The van der Waals surface area contributed by atoms with Crippen molar-refractivity contribution in [3.63, 3.8) is 0 Å². The summed E-state index contributed by atoms with van der Waals surface area (Å²) in [7, 11) is 0. The maximum atomic E-state index is 3.92. The Morgan fingerprint density at radius 3 is 2.33 bits per heavy atom. The van der Waals surface area contributed by atoms with Gasteiger partial charge in [-0.05, 0) is 24.2 Å². The van der Waals surface area contributed by atoms with E-state index in [0.29, 0.717) is 5.41 Å². The summed E-state index contributed by atoms with van der Waals surface area (Å²) in [6.07, 6.45) is 6.39. The van der Waals surface area contributed by atoms with Gasteiger partial charge >= 0.3 is 0 Å². The van der Waals surface area contributed by atoms with Crippen LogP contribution >= 0.6 is 0 Å². The molecule has 0 fully saturated rings. The third-order valence-electron chi connectivity index (χ3n) is 2.54. The van der Waals surface area contributed by atoms with Gasteiger partial charge in [0.2, 0.25) is 0 Å². The minimum atomic E-state index is 0.510. The first-order chi connectivity index (χ1) is 5.52. The van der Waals surface area contributed by atoms with Crippen LogP contribution in [0.1, 0.15) is 59.8 Å². The maximum absolute atomic E-state index is 3.92. The molecule has 0 heterocycles. The largest absolute Gasteiger partial charge is 0.0654 e. The predicted molar refractivity (Wildman–Crippen MR) is 57.1 cm³/mol. The quantitative estimate of drug-likeness (QED) is 0.551. The smallest absolute Gasteiger partial charge is 0.0352 e. The van der Waals surface area contributed by atoms with E-state index >= 15 is 0 Å². The fraction of sp³-hybridized carbons (Fsp3) is 0.917. The van der Waals surface area contributed by atoms with Crippen LogP contribution in [-0.4, -0.2) is 0 Å². The van der Waals surface area contributed by atoms with E-state index in [0.717, 1.165) is 12.3 Å². The SMILES string of the molecule is [CH2]CCC(C)(C)CC(C)CCC. The standard InChI is InChI=1S/C12H25/c1-6-8-11(3)10-12(4,5)9-7-2/h11H,2,6-10H2,1,3-5H3. The molecule has 0 nitrogen and oxygen atoms in total. The van der Waals surface area contributed by atoms with E-state index in [9.17, 15) is 0 Å². The first-order valence-corrected chi connectivity index (χ1v) is 5.31. The average Bonchev–Trinajstić information content (AvgIpc) is 1.85. The van der Waals surface area contributed by atoms with Gasteiger partial charge in [-0.2, -0.15) is 0 Å².